The Morgan fingerprint density at radius 1 is 1.33 bits per heavy atom. The molecule has 0 saturated carbocycles. The number of hydrogen-bond donors (Lipinski definition) is 1. The molecule has 0 fully saturated rings. The molecule has 0 radical (unpaired) electrons. The number of hydrogen-bond acceptors (Lipinski definition) is 5. The van der Waals surface area contributed by atoms with Crippen molar-refractivity contribution < 1.29 is 13.6 Å². The molecule has 3 aromatic rings. The maximum Gasteiger partial charge on any atom is 0.265 e. The van der Waals surface area contributed by atoms with Gasteiger partial charge in [0.05, 0.1) is 11.8 Å². The molecule has 7 nitrogen and oxygen atoms in total. The fourth-order valence-electron chi connectivity index (χ4n) is 3.12. The first kappa shape index (κ1) is 18.9. The monoisotopic (exact) mass is 371 g/mol. The molecule has 7 heteroatoms. The van der Waals surface area contributed by atoms with Crippen molar-refractivity contribution >= 4 is 17.0 Å². The summed E-state index contributed by atoms with van der Waals surface area (Å²) in [5.41, 5.74) is 0.218. The van der Waals surface area contributed by atoms with E-state index < -0.39 is 0 Å². The van der Waals surface area contributed by atoms with E-state index in [0.717, 1.165) is 18.6 Å². The first-order valence-electron chi connectivity index (χ1n) is 9.18. The highest BCUT2D eigenvalue weighted by Gasteiger charge is 2.24. The van der Waals surface area contributed by atoms with Crippen molar-refractivity contribution in [2.24, 2.45) is 5.92 Å². The molecular weight excluding hydrogens is 346 g/mol. The van der Waals surface area contributed by atoms with Crippen molar-refractivity contribution in [3.05, 3.63) is 52.2 Å². The molecule has 0 bridgehead atoms. The summed E-state index contributed by atoms with van der Waals surface area (Å²) in [6, 6.07) is 3.67. The number of rotatable bonds is 7. The molecule has 3 rings (SSSR count). The lowest BCUT2D eigenvalue weighted by Crippen LogP contribution is -2.34. The van der Waals surface area contributed by atoms with Gasteiger partial charge in [-0.2, -0.15) is 0 Å². The summed E-state index contributed by atoms with van der Waals surface area (Å²) in [5, 5.41) is 3.19. The van der Waals surface area contributed by atoms with Crippen LogP contribution in [0.1, 0.15) is 49.1 Å². The van der Waals surface area contributed by atoms with Crippen molar-refractivity contribution in [2.45, 2.75) is 53.1 Å². The number of carbonyl (C=O) groups is 1. The number of amides is 1. The van der Waals surface area contributed by atoms with Crippen LogP contribution in [0.5, 0.6) is 0 Å². The van der Waals surface area contributed by atoms with E-state index in [0.29, 0.717) is 12.3 Å². The lowest BCUT2D eigenvalue weighted by molar-refractivity contribution is 0.0938. The second-order valence-corrected chi connectivity index (χ2v) is 7.30. The normalized spacial score (nSPS) is 12.6. The Bertz CT molecular complexity index is 983. The van der Waals surface area contributed by atoms with Crippen LogP contribution in [0.25, 0.3) is 11.1 Å². The van der Waals surface area contributed by atoms with E-state index in [1.807, 2.05) is 32.9 Å². The molecule has 27 heavy (non-hydrogen) atoms. The predicted octanol–water partition coefficient (Wildman–Crippen LogP) is 3.30. The van der Waals surface area contributed by atoms with Gasteiger partial charge in [-0.05, 0) is 38.3 Å². The molecule has 1 atom stereocenters. The highest BCUT2D eigenvalue weighted by atomic mass is 16.3. The van der Waals surface area contributed by atoms with E-state index in [4.69, 9.17) is 8.83 Å². The van der Waals surface area contributed by atoms with Gasteiger partial charge in [-0.3, -0.25) is 14.2 Å². The zero-order valence-corrected chi connectivity index (χ0v) is 16.1. The lowest BCUT2D eigenvalue weighted by atomic mass is 10.1. The van der Waals surface area contributed by atoms with E-state index in [-0.39, 0.29) is 40.1 Å². The van der Waals surface area contributed by atoms with Gasteiger partial charge in [0.15, 0.2) is 0 Å². The molecular formula is C20H25N3O4. The van der Waals surface area contributed by atoms with E-state index in [1.165, 1.54) is 10.9 Å². The highest BCUT2D eigenvalue weighted by molar-refractivity contribution is 6.06. The summed E-state index contributed by atoms with van der Waals surface area (Å²) >= 11 is 0. The molecule has 1 amide bonds. The van der Waals surface area contributed by atoms with Crippen LogP contribution < -0.4 is 10.9 Å². The zero-order chi connectivity index (χ0) is 19.6. The quantitative estimate of drug-likeness (QED) is 0.688. The molecule has 0 aliphatic carbocycles. The number of nitrogens with zero attached hydrogens (tertiary/aromatic N) is 2. The van der Waals surface area contributed by atoms with Crippen LogP contribution in [0, 0.1) is 12.8 Å². The second-order valence-electron chi connectivity index (χ2n) is 7.30. The first-order valence-corrected chi connectivity index (χ1v) is 9.18. The van der Waals surface area contributed by atoms with Crippen LogP contribution in [0.3, 0.4) is 0 Å². The minimum absolute atomic E-state index is 0.0819. The van der Waals surface area contributed by atoms with Crippen molar-refractivity contribution in [2.75, 3.05) is 0 Å². The fourth-order valence-corrected chi connectivity index (χ4v) is 3.12. The van der Waals surface area contributed by atoms with Crippen LogP contribution >= 0.6 is 0 Å². The highest BCUT2D eigenvalue weighted by Crippen LogP contribution is 2.21. The Kier molecular flexibility index (Phi) is 5.48. The van der Waals surface area contributed by atoms with Crippen LogP contribution in [-0.4, -0.2) is 21.5 Å². The van der Waals surface area contributed by atoms with Gasteiger partial charge in [0.2, 0.25) is 5.71 Å². The van der Waals surface area contributed by atoms with Gasteiger partial charge < -0.3 is 14.2 Å². The van der Waals surface area contributed by atoms with Crippen molar-refractivity contribution in [1.29, 1.82) is 0 Å². The van der Waals surface area contributed by atoms with Gasteiger partial charge in [0.1, 0.15) is 23.2 Å². The summed E-state index contributed by atoms with van der Waals surface area (Å²) < 4.78 is 12.4. The first-order chi connectivity index (χ1) is 12.9. The fraction of sp³-hybridized carbons (Fsp3) is 0.450. The summed E-state index contributed by atoms with van der Waals surface area (Å²) in [7, 11) is 0. The Balaban J connectivity index is 1.83. The summed E-state index contributed by atoms with van der Waals surface area (Å²) in [6.07, 6.45) is 4.56. The number of carbonyl (C=O) groups excluding carboxylic acids is 1. The van der Waals surface area contributed by atoms with Crippen LogP contribution in [0.2, 0.25) is 0 Å². The van der Waals surface area contributed by atoms with E-state index >= 15 is 0 Å². The third-order valence-corrected chi connectivity index (χ3v) is 4.43. The number of nitrogens with one attached hydrogen (secondary N) is 1. The molecule has 0 aromatic carbocycles. The standard InChI is InChI=1S/C20H25N3O4/c1-12(2)10-23-11-21-19-17(20(23)25)16(14(4)27-19)18(24)22-13(3)7-8-15-6-5-9-26-15/h5-6,9,11-13H,7-8,10H2,1-4H3,(H,22,24)/t13-/m1/s1. The number of aryl methyl sites for hydroxylation is 2. The molecule has 1 N–H and O–H groups in total. The Morgan fingerprint density at radius 3 is 2.78 bits per heavy atom. The minimum atomic E-state index is -0.320. The smallest absolute Gasteiger partial charge is 0.265 e. The van der Waals surface area contributed by atoms with E-state index in [1.54, 1.807) is 13.2 Å². The van der Waals surface area contributed by atoms with E-state index in [2.05, 4.69) is 10.3 Å². The minimum Gasteiger partial charge on any atom is -0.469 e. The number of fused-ring (bicyclic) bond motifs is 1. The Hall–Kier alpha value is -2.83. The number of furan rings is 2. The second kappa shape index (κ2) is 7.82. The average molecular weight is 371 g/mol. The molecule has 3 heterocycles. The third-order valence-electron chi connectivity index (χ3n) is 4.43. The molecule has 0 aliphatic heterocycles. The van der Waals surface area contributed by atoms with Gasteiger partial charge >= 0.3 is 0 Å². The van der Waals surface area contributed by atoms with E-state index in [9.17, 15) is 9.59 Å². The van der Waals surface area contributed by atoms with Crippen LogP contribution in [0.4, 0.5) is 0 Å². The van der Waals surface area contributed by atoms with Gasteiger partial charge in [-0.15, -0.1) is 0 Å². The van der Waals surface area contributed by atoms with Crippen molar-refractivity contribution in [1.82, 2.24) is 14.9 Å². The van der Waals surface area contributed by atoms with Gasteiger partial charge in [-0.25, -0.2) is 4.98 Å². The lowest BCUT2D eigenvalue weighted by Gasteiger charge is -2.13. The average Bonchev–Trinajstić information content (AvgIpc) is 3.22. The van der Waals surface area contributed by atoms with Crippen LogP contribution in [0.15, 0.2) is 38.4 Å². The summed E-state index contributed by atoms with van der Waals surface area (Å²) in [5.74, 6) is 1.24. The largest absolute Gasteiger partial charge is 0.469 e. The molecule has 0 unspecified atom stereocenters. The van der Waals surface area contributed by atoms with Crippen molar-refractivity contribution in [3.8, 4) is 0 Å². The maximum absolute atomic E-state index is 12.8. The number of aromatic nitrogens is 2. The van der Waals surface area contributed by atoms with Crippen LogP contribution in [-0.2, 0) is 13.0 Å². The van der Waals surface area contributed by atoms with Gasteiger partial charge in [-0.1, -0.05) is 13.8 Å². The zero-order valence-electron chi connectivity index (χ0n) is 16.1. The van der Waals surface area contributed by atoms with Gasteiger partial charge in [0.25, 0.3) is 11.5 Å². The van der Waals surface area contributed by atoms with Crippen molar-refractivity contribution in [3.63, 3.8) is 0 Å². The molecule has 0 aliphatic rings. The third kappa shape index (κ3) is 4.13. The maximum atomic E-state index is 12.8. The Labute approximate surface area is 157 Å². The molecule has 0 spiro atoms. The predicted molar refractivity (Wildman–Crippen MR) is 102 cm³/mol. The SMILES string of the molecule is Cc1oc2ncn(CC(C)C)c(=O)c2c1C(=O)N[C@H](C)CCc1ccco1. The topological polar surface area (TPSA) is 90.3 Å². The summed E-state index contributed by atoms with van der Waals surface area (Å²) in [6.45, 7) is 8.17. The molecule has 3 aromatic heterocycles. The van der Waals surface area contributed by atoms with Gasteiger partial charge in [0, 0.05) is 19.0 Å². The Morgan fingerprint density at radius 2 is 2.11 bits per heavy atom. The molecule has 144 valence electrons. The molecule has 0 saturated heterocycles. The summed E-state index contributed by atoms with van der Waals surface area (Å²) in [4.78, 5) is 29.9.